The highest BCUT2D eigenvalue weighted by atomic mass is 16.2. The molecule has 1 aromatic rings. The first-order valence-corrected chi connectivity index (χ1v) is 7.38. The van der Waals surface area contributed by atoms with Crippen LogP contribution < -0.4 is 15.5 Å². The van der Waals surface area contributed by atoms with Crippen molar-refractivity contribution in [2.45, 2.75) is 31.8 Å². The molecule has 2 saturated heterocycles. The third kappa shape index (κ3) is 2.26. The van der Waals surface area contributed by atoms with Crippen LogP contribution in [0.5, 0.6) is 0 Å². The second kappa shape index (κ2) is 5.40. The first-order valence-electron chi connectivity index (χ1n) is 7.38. The largest absolute Gasteiger partial charge is 0.354 e. The van der Waals surface area contributed by atoms with Crippen LogP contribution in [0.4, 0.5) is 5.82 Å². The Morgan fingerprint density at radius 1 is 1.50 bits per heavy atom. The highest BCUT2D eigenvalue weighted by molar-refractivity contribution is 5.83. The molecule has 0 saturated carbocycles. The molecule has 3 atom stereocenters. The zero-order valence-corrected chi connectivity index (χ0v) is 12.1. The molecule has 5 heteroatoms. The molecule has 1 amide bonds. The number of rotatable bonds is 3. The van der Waals surface area contributed by atoms with Crippen LogP contribution in [0.2, 0.25) is 0 Å². The maximum Gasteiger partial charge on any atom is 0.225 e. The summed E-state index contributed by atoms with van der Waals surface area (Å²) in [5.74, 6) is 1.34. The Hall–Kier alpha value is -1.62. The van der Waals surface area contributed by atoms with Gasteiger partial charge >= 0.3 is 0 Å². The molecule has 0 aromatic carbocycles. The number of carbonyl (C=O) groups is 1. The standard InChI is InChI=1S/C15H22N4O/c1-10(16-2)11-5-6-14(17-8-11)19-7-3-4-12-13(19)9-18-15(12)20/h5-6,8,10,12-13,16H,3-4,7,9H2,1-2H3,(H,18,20). The molecule has 5 nitrogen and oxygen atoms in total. The lowest BCUT2D eigenvalue weighted by molar-refractivity contribution is -0.122. The van der Waals surface area contributed by atoms with Crippen molar-refractivity contribution in [3.63, 3.8) is 0 Å². The van der Waals surface area contributed by atoms with Crippen molar-refractivity contribution in [2.75, 3.05) is 25.0 Å². The van der Waals surface area contributed by atoms with Crippen molar-refractivity contribution >= 4 is 11.7 Å². The van der Waals surface area contributed by atoms with Crippen molar-refractivity contribution in [1.82, 2.24) is 15.6 Å². The molecule has 2 aliphatic heterocycles. The maximum absolute atomic E-state index is 11.8. The molecular formula is C15H22N4O. The average Bonchev–Trinajstić information content (AvgIpc) is 2.88. The first-order chi connectivity index (χ1) is 9.70. The van der Waals surface area contributed by atoms with Gasteiger partial charge in [0.05, 0.1) is 12.0 Å². The number of hydrogen-bond donors (Lipinski definition) is 2. The SMILES string of the molecule is CNC(C)c1ccc(N2CCCC3C(=O)NCC32)nc1. The van der Waals surface area contributed by atoms with Crippen LogP contribution in [0, 0.1) is 5.92 Å². The zero-order chi connectivity index (χ0) is 14.1. The molecule has 108 valence electrons. The summed E-state index contributed by atoms with van der Waals surface area (Å²) < 4.78 is 0. The van der Waals surface area contributed by atoms with Crippen molar-refractivity contribution in [1.29, 1.82) is 0 Å². The fourth-order valence-electron chi connectivity index (χ4n) is 3.23. The number of carbonyl (C=O) groups excluding carboxylic acids is 1. The second-order valence-corrected chi connectivity index (χ2v) is 5.71. The molecule has 2 fully saturated rings. The third-order valence-corrected chi connectivity index (χ3v) is 4.60. The average molecular weight is 274 g/mol. The van der Waals surface area contributed by atoms with Gasteiger partial charge in [-0.2, -0.15) is 0 Å². The van der Waals surface area contributed by atoms with Crippen LogP contribution in [0.15, 0.2) is 18.3 Å². The van der Waals surface area contributed by atoms with E-state index in [4.69, 9.17) is 0 Å². The molecule has 0 radical (unpaired) electrons. The molecule has 0 aliphatic carbocycles. The van der Waals surface area contributed by atoms with E-state index in [2.05, 4.69) is 39.6 Å². The number of hydrogen-bond acceptors (Lipinski definition) is 4. The van der Waals surface area contributed by atoms with E-state index >= 15 is 0 Å². The molecule has 20 heavy (non-hydrogen) atoms. The lowest BCUT2D eigenvalue weighted by Gasteiger charge is -2.36. The summed E-state index contributed by atoms with van der Waals surface area (Å²) in [6, 6.07) is 4.78. The molecule has 3 unspecified atom stereocenters. The van der Waals surface area contributed by atoms with Gasteiger partial charge in [0, 0.05) is 25.3 Å². The van der Waals surface area contributed by atoms with E-state index in [-0.39, 0.29) is 17.9 Å². The summed E-state index contributed by atoms with van der Waals surface area (Å²) in [6.07, 6.45) is 4.00. The molecule has 3 heterocycles. The fraction of sp³-hybridized carbons (Fsp3) is 0.600. The van der Waals surface area contributed by atoms with Gasteiger partial charge in [-0.1, -0.05) is 6.07 Å². The lowest BCUT2D eigenvalue weighted by Crippen LogP contribution is -2.46. The van der Waals surface area contributed by atoms with Gasteiger partial charge in [0.25, 0.3) is 0 Å². The van der Waals surface area contributed by atoms with Crippen LogP contribution in [0.25, 0.3) is 0 Å². The van der Waals surface area contributed by atoms with Crippen LogP contribution in [-0.4, -0.2) is 37.1 Å². The Morgan fingerprint density at radius 3 is 3.05 bits per heavy atom. The van der Waals surface area contributed by atoms with Crippen molar-refractivity contribution in [2.24, 2.45) is 5.92 Å². The number of amides is 1. The number of pyridine rings is 1. The maximum atomic E-state index is 11.8. The summed E-state index contributed by atoms with van der Waals surface area (Å²) in [7, 11) is 1.95. The van der Waals surface area contributed by atoms with Crippen molar-refractivity contribution in [3.8, 4) is 0 Å². The smallest absolute Gasteiger partial charge is 0.225 e. The predicted octanol–water partition coefficient (Wildman–Crippen LogP) is 1.08. The van der Waals surface area contributed by atoms with Gasteiger partial charge in [-0.3, -0.25) is 4.79 Å². The second-order valence-electron chi connectivity index (χ2n) is 5.71. The molecule has 3 rings (SSSR count). The van der Waals surface area contributed by atoms with Gasteiger partial charge in [-0.05, 0) is 38.4 Å². The normalized spacial score (nSPS) is 27.1. The van der Waals surface area contributed by atoms with Gasteiger partial charge in [0.15, 0.2) is 0 Å². The van der Waals surface area contributed by atoms with Crippen LogP contribution in [0.1, 0.15) is 31.4 Å². The van der Waals surface area contributed by atoms with Crippen LogP contribution in [0.3, 0.4) is 0 Å². The minimum Gasteiger partial charge on any atom is -0.354 e. The van der Waals surface area contributed by atoms with Crippen LogP contribution >= 0.6 is 0 Å². The Bertz CT molecular complexity index is 487. The summed E-state index contributed by atoms with van der Waals surface area (Å²) in [5, 5.41) is 6.20. The van der Waals surface area contributed by atoms with E-state index in [1.807, 2.05) is 13.2 Å². The number of anilines is 1. The highest BCUT2D eigenvalue weighted by Crippen LogP contribution is 2.30. The summed E-state index contributed by atoms with van der Waals surface area (Å²) in [6.45, 7) is 3.86. The molecule has 0 bridgehead atoms. The highest BCUT2D eigenvalue weighted by Gasteiger charge is 2.41. The van der Waals surface area contributed by atoms with Gasteiger partial charge in [-0.25, -0.2) is 4.98 Å². The quantitative estimate of drug-likeness (QED) is 0.866. The van der Waals surface area contributed by atoms with E-state index in [1.165, 1.54) is 5.56 Å². The molecule has 2 N–H and O–H groups in total. The van der Waals surface area contributed by atoms with Crippen LogP contribution in [-0.2, 0) is 4.79 Å². The Balaban J connectivity index is 1.80. The van der Waals surface area contributed by atoms with E-state index in [9.17, 15) is 4.79 Å². The number of piperidine rings is 1. The summed E-state index contributed by atoms with van der Waals surface area (Å²) in [4.78, 5) is 18.7. The predicted molar refractivity (Wildman–Crippen MR) is 78.6 cm³/mol. The van der Waals surface area contributed by atoms with Crippen molar-refractivity contribution in [3.05, 3.63) is 23.9 Å². The van der Waals surface area contributed by atoms with E-state index in [1.54, 1.807) is 0 Å². The zero-order valence-electron chi connectivity index (χ0n) is 12.1. The fourth-order valence-corrected chi connectivity index (χ4v) is 3.23. The number of aromatic nitrogens is 1. The lowest BCUT2D eigenvalue weighted by atomic mass is 9.91. The van der Waals surface area contributed by atoms with E-state index in [0.717, 1.165) is 31.7 Å². The molecule has 2 aliphatic rings. The van der Waals surface area contributed by atoms with Gasteiger partial charge in [0.1, 0.15) is 5.82 Å². The van der Waals surface area contributed by atoms with Gasteiger partial charge < -0.3 is 15.5 Å². The summed E-state index contributed by atoms with van der Waals surface area (Å²) >= 11 is 0. The number of fused-ring (bicyclic) bond motifs is 1. The Labute approximate surface area is 119 Å². The van der Waals surface area contributed by atoms with Gasteiger partial charge in [-0.15, -0.1) is 0 Å². The monoisotopic (exact) mass is 274 g/mol. The third-order valence-electron chi connectivity index (χ3n) is 4.60. The Morgan fingerprint density at radius 2 is 2.35 bits per heavy atom. The number of nitrogens with zero attached hydrogens (tertiary/aromatic N) is 2. The van der Waals surface area contributed by atoms with E-state index < -0.39 is 0 Å². The minimum absolute atomic E-state index is 0.140. The minimum atomic E-state index is 0.140. The Kier molecular flexibility index (Phi) is 3.61. The molecule has 1 aromatic heterocycles. The topological polar surface area (TPSA) is 57.3 Å². The number of nitrogens with one attached hydrogen (secondary N) is 2. The summed E-state index contributed by atoms with van der Waals surface area (Å²) in [5.41, 5.74) is 1.19. The van der Waals surface area contributed by atoms with Crippen molar-refractivity contribution < 1.29 is 4.79 Å². The first kappa shape index (κ1) is 13.4. The van der Waals surface area contributed by atoms with Gasteiger partial charge in [0.2, 0.25) is 5.91 Å². The molecular weight excluding hydrogens is 252 g/mol. The molecule has 0 spiro atoms. The van der Waals surface area contributed by atoms with E-state index in [0.29, 0.717) is 6.04 Å².